The molecule has 0 saturated heterocycles. The third-order valence-electron chi connectivity index (χ3n) is 3.22. The quantitative estimate of drug-likeness (QED) is 0.654. The molecule has 0 radical (unpaired) electrons. The largest absolute Gasteiger partial charge is 0.416 e. The highest BCUT2D eigenvalue weighted by atomic mass is 19.4. The van der Waals surface area contributed by atoms with Crippen LogP contribution in [0.4, 0.5) is 13.2 Å². The SMILES string of the molecule is CCc1ccc(C(F)(F)F)cc1.CCc1ccc(C)cc1. The molecule has 0 fully saturated rings. The molecule has 0 aliphatic heterocycles. The first-order chi connectivity index (χ1) is 9.86. The van der Waals surface area contributed by atoms with Gasteiger partial charge in [0.1, 0.15) is 0 Å². The zero-order valence-corrected chi connectivity index (χ0v) is 12.7. The summed E-state index contributed by atoms with van der Waals surface area (Å²) in [5.74, 6) is 0. The van der Waals surface area contributed by atoms with Crippen molar-refractivity contribution in [3.05, 3.63) is 70.8 Å². The van der Waals surface area contributed by atoms with Crippen molar-refractivity contribution in [2.45, 2.75) is 39.8 Å². The Kier molecular flexibility index (Phi) is 6.47. The van der Waals surface area contributed by atoms with Crippen LogP contribution >= 0.6 is 0 Å². The summed E-state index contributed by atoms with van der Waals surface area (Å²) in [7, 11) is 0. The molecule has 0 aliphatic rings. The van der Waals surface area contributed by atoms with Crippen molar-refractivity contribution in [1.82, 2.24) is 0 Å². The molecule has 0 atom stereocenters. The van der Waals surface area contributed by atoms with Gasteiger partial charge in [0.05, 0.1) is 5.56 Å². The molecule has 0 saturated carbocycles. The lowest BCUT2D eigenvalue weighted by atomic mass is 10.1. The van der Waals surface area contributed by atoms with E-state index in [-0.39, 0.29) is 0 Å². The van der Waals surface area contributed by atoms with E-state index in [2.05, 4.69) is 38.1 Å². The molecule has 3 heteroatoms. The highest BCUT2D eigenvalue weighted by Crippen LogP contribution is 2.29. The summed E-state index contributed by atoms with van der Waals surface area (Å²) in [6, 6.07) is 13.9. The first kappa shape index (κ1) is 17.3. The van der Waals surface area contributed by atoms with E-state index in [1.54, 1.807) is 0 Å². The van der Waals surface area contributed by atoms with Crippen LogP contribution in [0.5, 0.6) is 0 Å². The van der Waals surface area contributed by atoms with Crippen molar-refractivity contribution < 1.29 is 13.2 Å². The van der Waals surface area contributed by atoms with Crippen molar-refractivity contribution >= 4 is 0 Å². The van der Waals surface area contributed by atoms with E-state index in [4.69, 9.17) is 0 Å². The van der Waals surface area contributed by atoms with E-state index in [0.29, 0.717) is 0 Å². The van der Waals surface area contributed by atoms with Gasteiger partial charge in [0.25, 0.3) is 0 Å². The molecule has 0 aromatic heterocycles. The monoisotopic (exact) mass is 294 g/mol. The maximum Gasteiger partial charge on any atom is 0.416 e. The molecule has 2 aromatic rings. The maximum absolute atomic E-state index is 12.0. The minimum atomic E-state index is -4.22. The fourth-order valence-corrected chi connectivity index (χ4v) is 1.75. The fraction of sp³-hybridized carbons (Fsp3) is 0.333. The van der Waals surface area contributed by atoms with Gasteiger partial charge in [0, 0.05) is 0 Å². The van der Waals surface area contributed by atoms with Gasteiger partial charge in [0.2, 0.25) is 0 Å². The zero-order valence-electron chi connectivity index (χ0n) is 12.7. The van der Waals surface area contributed by atoms with Gasteiger partial charge in [-0.15, -0.1) is 0 Å². The first-order valence-corrected chi connectivity index (χ1v) is 7.08. The van der Waals surface area contributed by atoms with Crippen LogP contribution in [-0.4, -0.2) is 0 Å². The fourth-order valence-electron chi connectivity index (χ4n) is 1.75. The van der Waals surface area contributed by atoms with E-state index in [0.717, 1.165) is 30.5 Å². The second kappa shape index (κ2) is 7.87. The van der Waals surface area contributed by atoms with Gasteiger partial charge in [-0.1, -0.05) is 55.8 Å². The van der Waals surface area contributed by atoms with Crippen molar-refractivity contribution in [1.29, 1.82) is 0 Å². The second-order valence-corrected chi connectivity index (χ2v) is 4.89. The van der Waals surface area contributed by atoms with Gasteiger partial charge in [-0.05, 0) is 43.0 Å². The van der Waals surface area contributed by atoms with Crippen molar-refractivity contribution in [3.8, 4) is 0 Å². The Bertz CT molecular complexity index is 522. The van der Waals surface area contributed by atoms with E-state index >= 15 is 0 Å². The Morgan fingerprint density at radius 2 is 1.10 bits per heavy atom. The predicted octanol–water partition coefficient (Wildman–Crippen LogP) is 5.83. The summed E-state index contributed by atoms with van der Waals surface area (Å²) in [5.41, 5.74) is 3.09. The summed E-state index contributed by atoms with van der Waals surface area (Å²) in [6.45, 7) is 6.19. The summed E-state index contributed by atoms with van der Waals surface area (Å²) in [4.78, 5) is 0. The van der Waals surface area contributed by atoms with Crippen LogP contribution in [0.15, 0.2) is 48.5 Å². The molecule has 0 heterocycles. The highest BCUT2D eigenvalue weighted by Gasteiger charge is 2.29. The molecule has 0 unspecified atom stereocenters. The van der Waals surface area contributed by atoms with Crippen LogP contribution in [0.25, 0.3) is 0 Å². The lowest BCUT2D eigenvalue weighted by Crippen LogP contribution is -2.04. The molecule has 2 aromatic carbocycles. The molecule has 0 N–H and O–H groups in total. The number of halogens is 3. The molecule has 0 amide bonds. The third-order valence-corrected chi connectivity index (χ3v) is 3.22. The van der Waals surface area contributed by atoms with Gasteiger partial charge in [0.15, 0.2) is 0 Å². The van der Waals surface area contributed by atoms with Crippen LogP contribution in [0.3, 0.4) is 0 Å². The van der Waals surface area contributed by atoms with Gasteiger partial charge in [-0.25, -0.2) is 0 Å². The van der Waals surface area contributed by atoms with Gasteiger partial charge in [-0.3, -0.25) is 0 Å². The molecule has 0 bridgehead atoms. The summed E-state index contributed by atoms with van der Waals surface area (Å²) in [6.07, 6.45) is -2.31. The van der Waals surface area contributed by atoms with Crippen molar-refractivity contribution in [3.63, 3.8) is 0 Å². The van der Waals surface area contributed by atoms with Crippen molar-refractivity contribution in [2.24, 2.45) is 0 Å². The minimum absolute atomic E-state index is 0.584. The van der Waals surface area contributed by atoms with Gasteiger partial charge >= 0.3 is 6.18 Å². The Hall–Kier alpha value is -1.77. The third kappa shape index (κ3) is 6.03. The summed E-state index contributed by atoms with van der Waals surface area (Å²) < 4.78 is 36.1. The smallest absolute Gasteiger partial charge is 0.166 e. The first-order valence-electron chi connectivity index (χ1n) is 7.08. The van der Waals surface area contributed by atoms with Crippen LogP contribution in [0, 0.1) is 6.92 Å². The number of aryl methyl sites for hydroxylation is 3. The summed E-state index contributed by atoms with van der Waals surface area (Å²) in [5, 5.41) is 0. The number of alkyl halides is 3. The van der Waals surface area contributed by atoms with E-state index in [9.17, 15) is 13.2 Å². The average Bonchev–Trinajstić information content (AvgIpc) is 2.48. The topological polar surface area (TPSA) is 0 Å². The molecular weight excluding hydrogens is 273 g/mol. The molecule has 0 aliphatic carbocycles. The number of hydrogen-bond acceptors (Lipinski definition) is 0. The van der Waals surface area contributed by atoms with Gasteiger partial charge < -0.3 is 0 Å². The second-order valence-electron chi connectivity index (χ2n) is 4.89. The summed E-state index contributed by atoms with van der Waals surface area (Å²) >= 11 is 0. The molecule has 21 heavy (non-hydrogen) atoms. The minimum Gasteiger partial charge on any atom is -0.166 e. The van der Waals surface area contributed by atoms with E-state index in [1.165, 1.54) is 23.3 Å². The van der Waals surface area contributed by atoms with Crippen LogP contribution in [0.1, 0.15) is 36.1 Å². The van der Waals surface area contributed by atoms with Crippen LogP contribution in [0.2, 0.25) is 0 Å². The predicted molar refractivity (Wildman–Crippen MR) is 81.4 cm³/mol. The van der Waals surface area contributed by atoms with Crippen LogP contribution in [-0.2, 0) is 19.0 Å². The average molecular weight is 294 g/mol. The standard InChI is InChI=1S/C9H9F3.C9H12/c1-2-7-3-5-8(6-4-7)9(10,11)12;1-3-9-6-4-8(2)5-7-9/h3-6H,2H2,1H3;4-7H,3H2,1-2H3. The Morgan fingerprint density at radius 1 is 0.714 bits per heavy atom. The molecule has 2 rings (SSSR count). The van der Waals surface area contributed by atoms with E-state index < -0.39 is 11.7 Å². The zero-order chi connectivity index (χ0) is 15.9. The van der Waals surface area contributed by atoms with Crippen molar-refractivity contribution in [2.75, 3.05) is 0 Å². The molecular formula is C18H21F3. The Labute approximate surface area is 124 Å². The molecule has 114 valence electrons. The number of hydrogen-bond donors (Lipinski definition) is 0. The lowest BCUT2D eigenvalue weighted by molar-refractivity contribution is -0.137. The normalized spacial score (nSPS) is 10.8. The number of rotatable bonds is 2. The molecule has 0 spiro atoms. The van der Waals surface area contributed by atoms with Gasteiger partial charge in [-0.2, -0.15) is 13.2 Å². The Balaban J connectivity index is 0.000000219. The lowest BCUT2D eigenvalue weighted by Gasteiger charge is -2.06. The number of benzene rings is 2. The highest BCUT2D eigenvalue weighted by molar-refractivity contribution is 5.24. The molecule has 0 nitrogen and oxygen atoms in total. The Morgan fingerprint density at radius 3 is 1.43 bits per heavy atom. The van der Waals surface area contributed by atoms with E-state index in [1.807, 2.05) is 6.92 Å². The maximum atomic E-state index is 12.0. The van der Waals surface area contributed by atoms with Crippen LogP contribution < -0.4 is 0 Å².